The second-order valence-electron chi connectivity index (χ2n) is 5.32. The minimum Gasteiger partial charge on any atom is -0.299 e. The molecule has 0 heterocycles. The summed E-state index contributed by atoms with van der Waals surface area (Å²) in [6, 6.07) is 0. The highest BCUT2D eigenvalue weighted by Gasteiger charge is 2.43. The highest BCUT2D eigenvalue weighted by atomic mass is 19.3. The molecule has 0 spiro atoms. The molecule has 0 aliphatic heterocycles. The molecule has 0 bridgehead atoms. The number of hydrogen-bond acceptors (Lipinski definition) is 1. The van der Waals surface area contributed by atoms with E-state index >= 15 is 0 Å². The lowest BCUT2D eigenvalue weighted by Gasteiger charge is -2.30. The number of carbonyl (C=O) groups is 1. The van der Waals surface area contributed by atoms with Crippen molar-refractivity contribution in [1.82, 2.24) is 0 Å². The fourth-order valence-corrected chi connectivity index (χ4v) is 2.68. The third kappa shape index (κ3) is 5.13. The molecule has 1 rings (SSSR count). The molecule has 0 saturated heterocycles. The first-order chi connectivity index (χ1) is 7.75. The lowest BCUT2D eigenvalue weighted by molar-refractivity contribution is -0.136. The molecule has 0 aromatic rings. The predicted molar refractivity (Wildman–Crippen MR) is 67.3 cm³/mol. The zero-order valence-electron chi connectivity index (χ0n) is 11.8. The standard InChI is InChI=1S/C12H20F2O.C2H6/c1-9-6-4-5-7-11(2,10(9)15)8-12(3,13)14;1-2/h9H,4-8H2,1-3H3;1-2H3. The largest absolute Gasteiger partial charge is 0.299 e. The van der Waals surface area contributed by atoms with E-state index in [0.29, 0.717) is 6.42 Å². The molecule has 0 aromatic heterocycles. The molecule has 0 amide bonds. The summed E-state index contributed by atoms with van der Waals surface area (Å²) in [5.41, 5.74) is -0.811. The first-order valence-electron chi connectivity index (χ1n) is 6.67. The maximum atomic E-state index is 13.0. The van der Waals surface area contributed by atoms with Gasteiger partial charge in [-0.3, -0.25) is 4.79 Å². The van der Waals surface area contributed by atoms with Crippen molar-refractivity contribution in [2.75, 3.05) is 0 Å². The van der Waals surface area contributed by atoms with Crippen LogP contribution in [0.25, 0.3) is 0 Å². The van der Waals surface area contributed by atoms with Gasteiger partial charge < -0.3 is 0 Å². The van der Waals surface area contributed by atoms with Gasteiger partial charge in [0.1, 0.15) is 5.78 Å². The molecule has 2 atom stereocenters. The second-order valence-corrected chi connectivity index (χ2v) is 5.32. The van der Waals surface area contributed by atoms with Crippen molar-refractivity contribution in [1.29, 1.82) is 0 Å². The number of Topliss-reactive ketones (excluding diaryl/α,β-unsaturated/α-hetero) is 1. The van der Waals surface area contributed by atoms with Crippen LogP contribution in [0, 0.1) is 11.3 Å². The molecule has 17 heavy (non-hydrogen) atoms. The average molecular weight is 248 g/mol. The predicted octanol–water partition coefficient (Wildman–Crippen LogP) is 4.84. The quantitative estimate of drug-likeness (QED) is 0.639. The molecular formula is C14H26F2O. The Bertz CT molecular complexity index is 245. The van der Waals surface area contributed by atoms with Gasteiger partial charge in [0.05, 0.1) is 0 Å². The molecule has 1 aliphatic rings. The van der Waals surface area contributed by atoms with Crippen molar-refractivity contribution in [3.8, 4) is 0 Å². The van der Waals surface area contributed by atoms with Crippen LogP contribution in [0.4, 0.5) is 8.78 Å². The molecule has 3 heteroatoms. The highest BCUT2D eigenvalue weighted by Crippen LogP contribution is 2.41. The van der Waals surface area contributed by atoms with Crippen LogP contribution < -0.4 is 0 Å². The molecule has 2 unspecified atom stereocenters. The van der Waals surface area contributed by atoms with Crippen molar-refractivity contribution in [3.05, 3.63) is 0 Å². The number of hydrogen-bond donors (Lipinski definition) is 0. The van der Waals surface area contributed by atoms with Gasteiger partial charge in [-0.05, 0) is 19.8 Å². The first-order valence-corrected chi connectivity index (χ1v) is 6.67. The molecule has 1 saturated carbocycles. The monoisotopic (exact) mass is 248 g/mol. The molecule has 0 N–H and O–H groups in total. The van der Waals surface area contributed by atoms with Gasteiger partial charge in [-0.15, -0.1) is 0 Å². The Morgan fingerprint density at radius 1 is 1.35 bits per heavy atom. The second kappa shape index (κ2) is 6.46. The van der Waals surface area contributed by atoms with E-state index in [1.165, 1.54) is 0 Å². The van der Waals surface area contributed by atoms with Gasteiger partial charge in [0.15, 0.2) is 0 Å². The molecule has 1 nitrogen and oxygen atoms in total. The molecule has 102 valence electrons. The maximum absolute atomic E-state index is 13.0. The van der Waals surface area contributed by atoms with Crippen molar-refractivity contribution >= 4 is 5.78 Å². The zero-order chi connectivity index (χ0) is 13.7. The van der Waals surface area contributed by atoms with Crippen LogP contribution in [0.2, 0.25) is 0 Å². The summed E-state index contributed by atoms with van der Waals surface area (Å²) < 4.78 is 26.1. The average Bonchev–Trinajstić information content (AvgIpc) is 2.33. The van der Waals surface area contributed by atoms with Crippen LogP contribution in [-0.2, 0) is 4.79 Å². The van der Waals surface area contributed by atoms with Crippen molar-refractivity contribution in [3.63, 3.8) is 0 Å². The minimum absolute atomic E-state index is 0.0292. The van der Waals surface area contributed by atoms with E-state index in [0.717, 1.165) is 26.2 Å². The van der Waals surface area contributed by atoms with Crippen LogP contribution >= 0.6 is 0 Å². The fourth-order valence-electron chi connectivity index (χ4n) is 2.68. The zero-order valence-corrected chi connectivity index (χ0v) is 11.8. The summed E-state index contributed by atoms with van der Waals surface area (Å²) >= 11 is 0. The van der Waals surface area contributed by atoms with E-state index in [2.05, 4.69) is 0 Å². The topological polar surface area (TPSA) is 17.1 Å². The van der Waals surface area contributed by atoms with Gasteiger partial charge in [-0.25, -0.2) is 8.78 Å². The van der Waals surface area contributed by atoms with Crippen LogP contribution in [0.3, 0.4) is 0 Å². The van der Waals surface area contributed by atoms with Gasteiger partial charge in [-0.2, -0.15) is 0 Å². The SMILES string of the molecule is CC.CC1CCCCC(C)(CC(C)(F)F)C1=O. The summed E-state index contributed by atoms with van der Waals surface area (Å²) in [5, 5.41) is 0. The van der Waals surface area contributed by atoms with Crippen molar-refractivity contribution in [2.45, 2.75) is 72.6 Å². The van der Waals surface area contributed by atoms with Gasteiger partial charge in [0, 0.05) is 17.8 Å². The Hall–Kier alpha value is -0.470. The van der Waals surface area contributed by atoms with E-state index in [4.69, 9.17) is 0 Å². The van der Waals surface area contributed by atoms with E-state index in [1.807, 2.05) is 20.8 Å². The fraction of sp³-hybridized carbons (Fsp3) is 0.929. The third-order valence-electron chi connectivity index (χ3n) is 3.36. The number of alkyl halides is 2. The van der Waals surface area contributed by atoms with E-state index < -0.39 is 11.3 Å². The summed E-state index contributed by atoms with van der Waals surface area (Å²) in [7, 11) is 0. The maximum Gasteiger partial charge on any atom is 0.246 e. The molecule has 1 fully saturated rings. The molecule has 0 radical (unpaired) electrons. The Kier molecular flexibility index (Phi) is 6.28. The number of ketones is 1. The number of halogens is 2. The Morgan fingerprint density at radius 2 is 1.88 bits per heavy atom. The molecule has 0 aromatic carbocycles. The molecule has 1 aliphatic carbocycles. The van der Waals surface area contributed by atoms with Gasteiger partial charge in [0.25, 0.3) is 0 Å². The first kappa shape index (κ1) is 16.5. The van der Waals surface area contributed by atoms with Crippen LogP contribution in [0.1, 0.15) is 66.7 Å². The Balaban J connectivity index is 0.00000121. The van der Waals surface area contributed by atoms with Gasteiger partial charge >= 0.3 is 0 Å². The summed E-state index contributed by atoms with van der Waals surface area (Å²) in [6.45, 7) is 8.47. The van der Waals surface area contributed by atoms with Crippen LogP contribution in [-0.4, -0.2) is 11.7 Å². The van der Waals surface area contributed by atoms with Crippen LogP contribution in [0.5, 0.6) is 0 Å². The Morgan fingerprint density at radius 3 is 2.35 bits per heavy atom. The smallest absolute Gasteiger partial charge is 0.246 e. The van der Waals surface area contributed by atoms with E-state index in [1.54, 1.807) is 6.92 Å². The van der Waals surface area contributed by atoms with Gasteiger partial charge in [-0.1, -0.05) is 40.5 Å². The van der Waals surface area contributed by atoms with E-state index in [-0.39, 0.29) is 18.1 Å². The summed E-state index contributed by atoms with van der Waals surface area (Å²) in [5.74, 6) is -2.77. The van der Waals surface area contributed by atoms with Crippen molar-refractivity contribution in [2.24, 2.45) is 11.3 Å². The van der Waals surface area contributed by atoms with E-state index in [9.17, 15) is 13.6 Å². The third-order valence-corrected chi connectivity index (χ3v) is 3.36. The van der Waals surface area contributed by atoms with Crippen LogP contribution in [0.15, 0.2) is 0 Å². The van der Waals surface area contributed by atoms with Crippen molar-refractivity contribution < 1.29 is 13.6 Å². The minimum atomic E-state index is -2.74. The normalized spacial score (nSPS) is 30.3. The lowest BCUT2D eigenvalue weighted by atomic mass is 9.74. The number of rotatable bonds is 2. The number of carbonyl (C=O) groups excluding carboxylic acids is 1. The summed E-state index contributed by atoms with van der Waals surface area (Å²) in [4.78, 5) is 12.0. The lowest BCUT2D eigenvalue weighted by Crippen LogP contribution is -2.35. The highest BCUT2D eigenvalue weighted by molar-refractivity contribution is 5.86. The summed E-state index contributed by atoms with van der Waals surface area (Å²) in [6.07, 6.45) is 3.03. The Labute approximate surface area is 104 Å². The molecular weight excluding hydrogens is 222 g/mol. The van der Waals surface area contributed by atoms with Gasteiger partial charge in [0.2, 0.25) is 5.92 Å².